The van der Waals surface area contributed by atoms with Crippen LogP contribution in [0.5, 0.6) is 0 Å². The molecule has 29 heavy (non-hydrogen) atoms. The third kappa shape index (κ3) is 4.88. The second-order valence-corrected chi connectivity index (χ2v) is 9.91. The molecule has 0 saturated carbocycles. The van der Waals surface area contributed by atoms with Gasteiger partial charge < -0.3 is 0 Å². The molecule has 148 valence electrons. The summed E-state index contributed by atoms with van der Waals surface area (Å²) in [6, 6.07) is 14.2. The van der Waals surface area contributed by atoms with Gasteiger partial charge in [-0.3, -0.25) is 10.1 Å². The van der Waals surface area contributed by atoms with Crippen molar-refractivity contribution in [2.75, 3.05) is 11.6 Å². The molecule has 0 unspecified atom stereocenters. The number of hydrogen-bond donors (Lipinski definition) is 1. The van der Waals surface area contributed by atoms with Crippen molar-refractivity contribution in [3.63, 3.8) is 0 Å². The fourth-order valence-corrected chi connectivity index (χ4v) is 4.27. The van der Waals surface area contributed by atoms with Crippen molar-refractivity contribution >= 4 is 48.5 Å². The van der Waals surface area contributed by atoms with Gasteiger partial charge in [0.25, 0.3) is 5.91 Å². The van der Waals surface area contributed by atoms with Crippen LogP contribution in [0.15, 0.2) is 52.9 Å². The Bertz CT molecular complexity index is 1250. The van der Waals surface area contributed by atoms with Gasteiger partial charge in [0.05, 0.1) is 15.1 Å². The maximum absolute atomic E-state index is 12.5. The quantitative estimate of drug-likeness (QED) is 0.483. The Balaban J connectivity index is 1.83. The van der Waals surface area contributed by atoms with Crippen LogP contribution in [0.4, 0.5) is 5.13 Å². The van der Waals surface area contributed by atoms with Crippen LogP contribution in [0.1, 0.15) is 30.9 Å². The zero-order valence-electron chi connectivity index (χ0n) is 16.1. The van der Waals surface area contributed by atoms with Crippen LogP contribution < -0.4 is 5.32 Å². The van der Waals surface area contributed by atoms with Crippen LogP contribution in [0.25, 0.3) is 16.3 Å². The Morgan fingerprint density at radius 2 is 1.90 bits per heavy atom. The van der Waals surface area contributed by atoms with Crippen molar-refractivity contribution in [1.82, 2.24) is 4.98 Å². The molecular formula is C21H19N3O3S2. The van der Waals surface area contributed by atoms with Crippen LogP contribution in [0, 0.1) is 11.3 Å². The van der Waals surface area contributed by atoms with E-state index in [9.17, 15) is 18.5 Å². The molecule has 3 rings (SSSR count). The van der Waals surface area contributed by atoms with Gasteiger partial charge >= 0.3 is 0 Å². The first-order valence-corrected chi connectivity index (χ1v) is 11.5. The molecule has 0 fully saturated rings. The minimum absolute atomic E-state index is 0.0432. The third-order valence-corrected chi connectivity index (χ3v) is 6.33. The Kier molecular flexibility index (Phi) is 5.82. The van der Waals surface area contributed by atoms with E-state index < -0.39 is 15.7 Å². The van der Waals surface area contributed by atoms with Crippen LogP contribution in [-0.2, 0) is 14.6 Å². The van der Waals surface area contributed by atoms with E-state index in [1.807, 2.05) is 30.3 Å². The summed E-state index contributed by atoms with van der Waals surface area (Å²) in [6.07, 6.45) is 2.66. The number of rotatable bonds is 5. The molecule has 0 atom stereocenters. The predicted molar refractivity (Wildman–Crippen MR) is 115 cm³/mol. The fraction of sp³-hybridized carbons (Fsp3) is 0.190. The van der Waals surface area contributed by atoms with Crippen molar-refractivity contribution in [2.24, 2.45) is 0 Å². The molecule has 3 aromatic rings. The highest BCUT2D eigenvalue weighted by molar-refractivity contribution is 7.90. The molecule has 6 nitrogen and oxygen atoms in total. The molecule has 0 bridgehead atoms. The molecule has 1 heterocycles. The zero-order chi connectivity index (χ0) is 21.2. The molecule has 0 aliphatic carbocycles. The third-order valence-electron chi connectivity index (χ3n) is 4.29. The number of carbonyl (C=O) groups is 1. The molecule has 0 saturated heterocycles. The molecule has 1 N–H and O–H groups in total. The van der Waals surface area contributed by atoms with Crippen molar-refractivity contribution in [3.05, 3.63) is 59.2 Å². The van der Waals surface area contributed by atoms with E-state index in [-0.39, 0.29) is 10.5 Å². The van der Waals surface area contributed by atoms with Crippen LogP contribution in [-0.4, -0.2) is 25.6 Å². The van der Waals surface area contributed by atoms with E-state index >= 15 is 0 Å². The molecule has 0 radical (unpaired) electrons. The Morgan fingerprint density at radius 3 is 2.48 bits per heavy atom. The minimum Gasteiger partial charge on any atom is -0.297 e. The highest BCUT2D eigenvalue weighted by atomic mass is 32.2. The molecule has 8 heteroatoms. The lowest BCUT2D eigenvalue weighted by molar-refractivity contribution is -0.112. The molecule has 0 aliphatic rings. The number of fused-ring (bicyclic) bond motifs is 1. The first kappa shape index (κ1) is 20.7. The van der Waals surface area contributed by atoms with Gasteiger partial charge in [-0.15, -0.1) is 0 Å². The van der Waals surface area contributed by atoms with E-state index in [1.165, 1.54) is 23.8 Å². The average molecular weight is 426 g/mol. The lowest BCUT2D eigenvalue weighted by Crippen LogP contribution is -2.13. The first-order chi connectivity index (χ1) is 13.7. The summed E-state index contributed by atoms with van der Waals surface area (Å²) in [5.74, 6) is -0.170. The second kappa shape index (κ2) is 8.15. The van der Waals surface area contributed by atoms with E-state index in [0.29, 0.717) is 21.3 Å². The van der Waals surface area contributed by atoms with Gasteiger partial charge in [-0.2, -0.15) is 5.26 Å². The SMILES string of the molecule is CC(C)c1ccc(/C=C(\C#N)C(=O)Nc2nc3ccc(S(C)(=O)=O)cc3s2)cc1. The number of nitrogens with zero attached hydrogens (tertiary/aromatic N) is 2. The normalized spacial score (nSPS) is 12.2. The topological polar surface area (TPSA) is 99.9 Å². The number of amides is 1. The van der Waals surface area contributed by atoms with Gasteiger partial charge in [-0.1, -0.05) is 49.4 Å². The molecule has 1 aromatic heterocycles. The lowest BCUT2D eigenvalue weighted by Gasteiger charge is -2.05. The predicted octanol–water partition coefficient (Wildman–Crippen LogP) is 4.37. The molecule has 2 aromatic carbocycles. The molecular weight excluding hydrogens is 406 g/mol. The molecule has 1 amide bonds. The summed E-state index contributed by atoms with van der Waals surface area (Å²) in [5.41, 5.74) is 2.46. The van der Waals surface area contributed by atoms with Gasteiger partial charge in [0, 0.05) is 6.26 Å². The Morgan fingerprint density at radius 1 is 1.21 bits per heavy atom. The summed E-state index contributed by atoms with van der Waals surface area (Å²) >= 11 is 1.15. The number of carbonyl (C=O) groups excluding carboxylic acids is 1. The monoisotopic (exact) mass is 425 g/mol. The number of aromatic nitrogens is 1. The van der Waals surface area contributed by atoms with Crippen molar-refractivity contribution in [2.45, 2.75) is 24.7 Å². The van der Waals surface area contributed by atoms with E-state index in [2.05, 4.69) is 24.1 Å². The Labute approximate surface area is 173 Å². The van der Waals surface area contributed by atoms with Crippen LogP contribution in [0.2, 0.25) is 0 Å². The summed E-state index contributed by atoms with van der Waals surface area (Å²) in [4.78, 5) is 17.0. The van der Waals surface area contributed by atoms with Gasteiger partial charge in [0.1, 0.15) is 11.6 Å². The van der Waals surface area contributed by atoms with E-state index in [4.69, 9.17) is 0 Å². The number of nitrogens with one attached hydrogen (secondary N) is 1. The van der Waals surface area contributed by atoms with Crippen LogP contribution >= 0.6 is 11.3 Å². The number of thiazole rings is 1. The zero-order valence-corrected chi connectivity index (χ0v) is 17.8. The van der Waals surface area contributed by atoms with Gasteiger partial charge in [-0.05, 0) is 41.3 Å². The summed E-state index contributed by atoms with van der Waals surface area (Å²) in [6.45, 7) is 4.19. The number of sulfone groups is 1. The maximum atomic E-state index is 12.5. The summed E-state index contributed by atoms with van der Waals surface area (Å²) < 4.78 is 24.0. The first-order valence-electron chi connectivity index (χ1n) is 8.81. The standard InChI is InChI=1S/C21H19N3O3S2/c1-13(2)15-6-4-14(5-7-15)10-16(12-22)20(25)24-21-23-18-9-8-17(29(3,26)27)11-19(18)28-21/h4-11,13H,1-3H3,(H,23,24,25)/b16-10+. The summed E-state index contributed by atoms with van der Waals surface area (Å²) in [5, 5.41) is 12.3. The van der Waals surface area contributed by atoms with Crippen molar-refractivity contribution in [3.8, 4) is 6.07 Å². The minimum atomic E-state index is -3.33. The highest BCUT2D eigenvalue weighted by Crippen LogP contribution is 2.28. The number of anilines is 1. The maximum Gasteiger partial charge on any atom is 0.268 e. The van der Waals surface area contributed by atoms with E-state index in [1.54, 1.807) is 6.07 Å². The fourth-order valence-electron chi connectivity index (χ4n) is 2.65. The van der Waals surface area contributed by atoms with Crippen LogP contribution in [0.3, 0.4) is 0 Å². The van der Waals surface area contributed by atoms with Crippen molar-refractivity contribution in [1.29, 1.82) is 5.26 Å². The lowest BCUT2D eigenvalue weighted by atomic mass is 10.0. The number of benzene rings is 2. The number of nitriles is 1. The largest absolute Gasteiger partial charge is 0.297 e. The van der Waals surface area contributed by atoms with E-state index in [0.717, 1.165) is 23.2 Å². The molecule has 0 spiro atoms. The highest BCUT2D eigenvalue weighted by Gasteiger charge is 2.14. The Hall–Kier alpha value is -3.02. The van der Waals surface area contributed by atoms with Crippen molar-refractivity contribution < 1.29 is 13.2 Å². The summed E-state index contributed by atoms with van der Waals surface area (Å²) in [7, 11) is -3.33. The average Bonchev–Trinajstić information content (AvgIpc) is 3.07. The smallest absolute Gasteiger partial charge is 0.268 e. The van der Waals surface area contributed by atoms with Gasteiger partial charge in [-0.25, -0.2) is 13.4 Å². The van der Waals surface area contributed by atoms with Gasteiger partial charge in [0.2, 0.25) is 0 Å². The molecule has 0 aliphatic heterocycles. The van der Waals surface area contributed by atoms with Gasteiger partial charge in [0.15, 0.2) is 15.0 Å². The second-order valence-electron chi connectivity index (χ2n) is 6.87. The number of hydrogen-bond acceptors (Lipinski definition) is 6.